The van der Waals surface area contributed by atoms with Crippen molar-refractivity contribution in [1.82, 2.24) is 15.1 Å². The van der Waals surface area contributed by atoms with Crippen LogP contribution in [0.3, 0.4) is 0 Å². The van der Waals surface area contributed by atoms with E-state index in [9.17, 15) is 9.59 Å². The number of rotatable bonds is 21. The van der Waals surface area contributed by atoms with Crippen LogP contribution in [0.15, 0.2) is 133 Å². The number of hydrogen-bond donors (Lipinski definition) is 2. The third-order valence-corrected chi connectivity index (χ3v) is 12.9. The molecule has 6 aromatic rings. The Hall–Kier alpha value is -6.97. The highest BCUT2D eigenvalue weighted by molar-refractivity contribution is 6.67. The number of hydrogen-bond acceptors (Lipinski definition) is 13. The van der Waals surface area contributed by atoms with E-state index >= 15 is 0 Å². The van der Waals surface area contributed by atoms with Gasteiger partial charge in [-0.1, -0.05) is 84.9 Å². The fourth-order valence-electron chi connectivity index (χ4n) is 8.75. The fraction of sp³-hybridized carbons (Fsp3) is 0.345. The Balaban J connectivity index is 0.000000198. The summed E-state index contributed by atoms with van der Waals surface area (Å²) in [7, 11) is 9.45. The van der Waals surface area contributed by atoms with Crippen molar-refractivity contribution in [3.05, 3.63) is 167 Å². The zero-order valence-corrected chi connectivity index (χ0v) is 43.5. The van der Waals surface area contributed by atoms with E-state index in [1.54, 1.807) is 40.6 Å². The summed E-state index contributed by atoms with van der Waals surface area (Å²) in [6.07, 6.45) is 4.93. The Kier molecular flexibility index (Phi) is 21.9. The Morgan fingerprint density at radius 2 is 0.890 bits per heavy atom. The summed E-state index contributed by atoms with van der Waals surface area (Å²) in [6.45, 7) is 6.28. The molecule has 2 atom stereocenters. The molecule has 73 heavy (non-hydrogen) atoms. The van der Waals surface area contributed by atoms with E-state index in [-0.39, 0.29) is 17.5 Å². The van der Waals surface area contributed by atoms with E-state index < -0.39 is 5.24 Å². The van der Waals surface area contributed by atoms with Crippen LogP contribution in [-0.4, -0.2) is 103 Å². The van der Waals surface area contributed by atoms with Crippen LogP contribution in [0.2, 0.25) is 0 Å². The number of ether oxygens (including phenoxy) is 8. The quantitative estimate of drug-likeness (QED) is 0.0659. The minimum Gasteiger partial charge on any atom is -0.497 e. The SMILES string of the molecule is COc1cc(C(=O)Cl)cc(OC)c1OCc1ccccc1.COc1ccc(C(CN)N2CCCC2)cc1.COc1ccc(C(CNC(=O)c2cc(OC)c(OCc3ccccc3)c(OC)c2)N2CCCC2)cc1. The first-order chi connectivity index (χ1) is 35.6. The molecule has 0 saturated carbocycles. The van der Waals surface area contributed by atoms with Gasteiger partial charge in [-0.25, -0.2) is 0 Å². The van der Waals surface area contributed by atoms with Crippen LogP contribution < -0.4 is 48.9 Å². The molecule has 8 rings (SSSR count). The Morgan fingerprint density at radius 1 is 0.521 bits per heavy atom. The molecule has 0 aliphatic carbocycles. The fourth-order valence-corrected chi connectivity index (χ4v) is 8.86. The largest absolute Gasteiger partial charge is 0.497 e. The normalized spacial score (nSPS) is 14.0. The molecule has 0 spiro atoms. The highest BCUT2D eigenvalue weighted by atomic mass is 35.5. The van der Waals surface area contributed by atoms with Crippen LogP contribution in [0.4, 0.5) is 0 Å². The molecule has 2 aliphatic rings. The lowest BCUT2D eigenvalue weighted by molar-refractivity contribution is 0.0936. The van der Waals surface area contributed by atoms with Crippen LogP contribution in [0.25, 0.3) is 0 Å². The number of amides is 1. The molecule has 2 unspecified atom stereocenters. The number of likely N-dealkylation sites (tertiary alicyclic amines) is 2. The van der Waals surface area contributed by atoms with Gasteiger partial charge < -0.3 is 48.9 Å². The number of halogens is 1. The summed E-state index contributed by atoms with van der Waals surface area (Å²) in [5.74, 6) is 4.11. The van der Waals surface area contributed by atoms with Gasteiger partial charge in [0.25, 0.3) is 11.1 Å². The van der Waals surface area contributed by atoms with Gasteiger partial charge in [-0.3, -0.25) is 19.4 Å². The smallest absolute Gasteiger partial charge is 0.252 e. The van der Waals surface area contributed by atoms with Crippen LogP contribution in [-0.2, 0) is 13.2 Å². The molecule has 2 saturated heterocycles. The van der Waals surface area contributed by atoms with Crippen molar-refractivity contribution < 1.29 is 47.5 Å². The van der Waals surface area contributed by atoms with E-state index in [1.807, 2.05) is 84.9 Å². The molecule has 2 fully saturated rings. The first-order valence-electron chi connectivity index (χ1n) is 24.4. The first-order valence-corrected chi connectivity index (χ1v) is 24.8. The van der Waals surface area contributed by atoms with E-state index in [1.165, 1.54) is 70.7 Å². The number of nitrogens with zero attached hydrogens (tertiary/aromatic N) is 2. The molecule has 2 heterocycles. The zero-order chi connectivity index (χ0) is 52.0. The molecule has 6 aromatic carbocycles. The first kappa shape index (κ1) is 55.3. The zero-order valence-electron chi connectivity index (χ0n) is 42.8. The average Bonchev–Trinajstić information content (AvgIpc) is 4.19. The van der Waals surface area contributed by atoms with Gasteiger partial charge in [0.15, 0.2) is 23.0 Å². The molecule has 0 aromatic heterocycles. The highest BCUT2D eigenvalue weighted by Crippen LogP contribution is 2.41. The van der Waals surface area contributed by atoms with Crippen LogP contribution in [0.5, 0.6) is 46.0 Å². The van der Waals surface area contributed by atoms with Crippen LogP contribution >= 0.6 is 11.6 Å². The Labute approximate surface area is 435 Å². The van der Waals surface area contributed by atoms with Crippen LogP contribution in [0, 0.1) is 0 Å². The lowest BCUT2D eigenvalue weighted by Crippen LogP contribution is -2.36. The Bertz CT molecular complexity index is 2560. The predicted octanol–water partition coefficient (Wildman–Crippen LogP) is 10.3. The molecule has 1 amide bonds. The maximum Gasteiger partial charge on any atom is 0.252 e. The van der Waals surface area contributed by atoms with E-state index in [4.69, 9.17) is 55.2 Å². The number of nitrogens with one attached hydrogen (secondary N) is 1. The van der Waals surface area contributed by atoms with E-state index in [2.05, 4.69) is 39.4 Å². The van der Waals surface area contributed by atoms with Crippen molar-refractivity contribution in [2.75, 3.05) is 81.9 Å². The standard InChI is InChI=1S/C29H34N2O5.C16H15ClO4.C13H20N2O/c1-33-24-13-11-22(12-14-24)25(31-15-7-8-16-31)19-30-29(32)23-17-26(34-2)28(27(18-23)35-3)36-20-21-9-5-4-6-10-21;1-19-13-8-12(16(17)18)9-14(20-2)15(13)21-10-11-6-4-3-5-7-11;1-16-12-6-4-11(5-7-12)13(10-14)15-8-2-3-9-15/h4-6,9-14,17-18,25H,7-8,15-16,19-20H2,1-3H3,(H,30,32);3-9H,10H2,1-2H3;4-7,13H,2-3,8-10,14H2,1H3. The number of benzene rings is 6. The summed E-state index contributed by atoms with van der Waals surface area (Å²) in [5.41, 5.74) is 11.1. The van der Waals surface area contributed by atoms with Crippen molar-refractivity contribution >= 4 is 22.8 Å². The summed E-state index contributed by atoms with van der Waals surface area (Å²) >= 11 is 5.50. The van der Waals surface area contributed by atoms with Gasteiger partial charge in [-0.05, 0) is 134 Å². The Morgan fingerprint density at radius 3 is 1.25 bits per heavy atom. The maximum atomic E-state index is 13.2. The van der Waals surface area contributed by atoms with Crippen molar-refractivity contribution in [3.63, 3.8) is 0 Å². The number of carbonyl (C=O) groups excluding carboxylic acids is 2. The minimum absolute atomic E-state index is 0.0830. The molecular weight excluding hydrogens is 948 g/mol. The van der Waals surface area contributed by atoms with Gasteiger partial charge in [0, 0.05) is 30.3 Å². The summed E-state index contributed by atoms with van der Waals surface area (Å²) in [5, 5.41) is 2.54. The van der Waals surface area contributed by atoms with Crippen molar-refractivity contribution in [2.45, 2.75) is 51.0 Å². The lowest BCUT2D eigenvalue weighted by Gasteiger charge is -2.28. The third kappa shape index (κ3) is 15.8. The highest BCUT2D eigenvalue weighted by Gasteiger charge is 2.26. The number of carbonyl (C=O) groups is 2. The van der Waals surface area contributed by atoms with Gasteiger partial charge in [-0.2, -0.15) is 0 Å². The molecule has 14 nitrogen and oxygen atoms in total. The van der Waals surface area contributed by atoms with Crippen molar-refractivity contribution in [3.8, 4) is 46.0 Å². The summed E-state index contributed by atoms with van der Waals surface area (Å²) in [4.78, 5) is 29.4. The summed E-state index contributed by atoms with van der Waals surface area (Å²) in [6, 6.07) is 42.8. The lowest BCUT2D eigenvalue weighted by atomic mass is 10.0. The van der Waals surface area contributed by atoms with E-state index in [0.29, 0.717) is 72.4 Å². The van der Waals surface area contributed by atoms with Gasteiger partial charge in [0.1, 0.15) is 24.7 Å². The third-order valence-electron chi connectivity index (χ3n) is 12.7. The minimum atomic E-state index is -0.582. The molecule has 2 aliphatic heterocycles. The second kappa shape index (κ2) is 28.9. The average molecular weight is 1020 g/mol. The number of methoxy groups -OCH3 is 6. The van der Waals surface area contributed by atoms with Crippen molar-refractivity contribution in [1.29, 1.82) is 0 Å². The second-order valence-corrected chi connectivity index (χ2v) is 17.6. The molecule has 3 N–H and O–H groups in total. The maximum absolute atomic E-state index is 13.2. The van der Waals surface area contributed by atoms with Gasteiger partial charge in [-0.15, -0.1) is 0 Å². The van der Waals surface area contributed by atoms with Gasteiger partial charge in [0.05, 0.1) is 48.7 Å². The molecule has 388 valence electrons. The summed E-state index contributed by atoms with van der Waals surface area (Å²) < 4.78 is 43.9. The van der Waals surface area contributed by atoms with Crippen LogP contribution in [0.1, 0.15) is 80.7 Å². The van der Waals surface area contributed by atoms with Gasteiger partial charge >= 0.3 is 0 Å². The molecule has 0 radical (unpaired) electrons. The predicted molar refractivity (Wildman–Crippen MR) is 285 cm³/mol. The molecule has 15 heteroatoms. The number of nitrogens with two attached hydrogens (primary N) is 1. The molecular formula is C58H69ClN4O10. The molecule has 0 bridgehead atoms. The monoisotopic (exact) mass is 1020 g/mol. The van der Waals surface area contributed by atoms with Crippen molar-refractivity contribution in [2.24, 2.45) is 5.73 Å². The van der Waals surface area contributed by atoms with Gasteiger partial charge in [0.2, 0.25) is 11.5 Å². The second-order valence-electron chi connectivity index (χ2n) is 17.3. The topological polar surface area (TPSA) is 153 Å². The van der Waals surface area contributed by atoms with E-state index in [0.717, 1.165) is 41.3 Å².